The van der Waals surface area contributed by atoms with Crippen molar-refractivity contribution in [3.05, 3.63) is 78.6 Å². The Morgan fingerprint density at radius 1 is 0.923 bits per heavy atom. The second-order valence-corrected chi connectivity index (χ2v) is 6.05. The van der Waals surface area contributed by atoms with Gasteiger partial charge in [-0.3, -0.25) is 0 Å². The van der Waals surface area contributed by atoms with E-state index in [-0.39, 0.29) is 5.75 Å². The third kappa shape index (κ3) is 2.71. The predicted octanol–water partition coefficient (Wildman–Crippen LogP) is 4.99. The molecule has 0 radical (unpaired) electrons. The molecule has 4 aromatic rings. The molecule has 0 unspecified atom stereocenters. The normalized spacial score (nSPS) is 10.8. The van der Waals surface area contributed by atoms with Crippen molar-refractivity contribution in [1.29, 1.82) is 0 Å². The smallest absolute Gasteiger partial charge is 0.355 e. The zero-order valence-electron chi connectivity index (χ0n) is 14.2. The molecule has 0 atom stereocenters. The zero-order chi connectivity index (χ0) is 18.1. The van der Waals surface area contributed by atoms with Crippen LogP contribution < -0.4 is 0 Å². The first-order valence-electron chi connectivity index (χ1n) is 8.25. The van der Waals surface area contributed by atoms with Gasteiger partial charge in [-0.2, -0.15) is 0 Å². The van der Waals surface area contributed by atoms with E-state index in [1.807, 2.05) is 24.4 Å². The molecule has 0 aliphatic carbocycles. The molecule has 0 aliphatic rings. The van der Waals surface area contributed by atoms with Crippen LogP contribution >= 0.6 is 0 Å². The van der Waals surface area contributed by atoms with Crippen LogP contribution in [0, 0.1) is 0 Å². The molecular weight excluding hydrogens is 326 g/mol. The topological polar surface area (TPSA) is 62.3 Å². The number of rotatable bonds is 3. The largest absolute Gasteiger partial charge is 0.508 e. The second kappa shape index (κ2) is 6.41. The summed E-state index contributed by atoms with van der Waals surface area (Å²) in [4.78, 5) is 15.3. The summed E-state index contributed by atoms with van der Waals surface area (Å²) in [5, 5.41) is 11.9. The fourth-order valence-electron chi connectivity index (χ4n) is 3.20. The van der Waals surface area contributed by atoms with Crippen molar-refractivity contribution >= 4 is 16.7 Å². The highest BCUT2D eigenvalue weighted by Gasteiger charge is 2.20. The Bertz CT molecular complexity index is 1090. The maximum absolute atomic E-state index is 12.2. The van der Waals surface area contributed by atoms with Crippen LogP contribution in [-0.4, -0.2) is 23.2 Å². The molecule has 1 heterocycles. The van der Waals surface area contributed by atoms with Gasteiger partial charge in [0.25, 0.3) is 0 Å². The van der Waals surface area contributed by atoms with Crippen LogP contribution in [0.5, 0.6) is 5.75 Å². The van der Waals surface area contributed by atoms with Crippen molar-refractivity contribution in [3.63, 3.8) is 0 Å². The van der Waals surface area contributed by atoms with Crippen molar-refractivity contribution in [2.45, 2.75) is 0 Å². The van der Waals surface area contributed by atoms with Gasteiger partial charge in [0.15, 0.2) is 0 Å². The highest BCUT2D eigenvalue weighted by Crippen LogP contribution is 2.37. The monoisotopic (exact) mass is 343 g/mol. The summed E-state index contributed by atoms with van der Waals surface area (Å²) < 4.78 is 4.92. The number of aromatic hydroxyl groups is 1. The van der Waals surface area contributed by atoms with Crippen molar-refractivity contribution in [2.24, 2.45) is 0 Å². The maximum atomic E-state index is 12.2. The molecule has 1 aromatic heterocycles. The van der Waals surface area contributed by atoms with Crippen molar-refractivity contribution in [2.75, 3.05) is 7.11 Å². The highest BCUT2D eigenvalue weighted by atomic mass is 16.5. The number of H-pyrrole nitrogens is 1. The van der Waals surface area contributed by atoms with Crippen molar-refractivity contribution in [3.8, 4) is 28.0 Å². The summed E-state index contributed by atoms with van der Waals surface area (Å²) in [6, 6.07) is 21.1. The maximum Gasteiger partial charge on any atom is 0.355 e. The number of phenols is 1. The molecule has 0 bridgehead atoms. The fraction of sp³-hybridized carbons (Fsp3) is 0.0455. The Kier molecular flexibility index (Phi) is 3.93. The lowest BCUT2D eigenvalue weighted by molar-refractivity contribution is 0.0596. The van der Waals surface area contributed by atoms with Crippen LogP contribution in [-0.2, 0) is 4.74 Å². The molecule has 2 N–H and O–H groups in total. The van der Waals surface area contributed by atoms with Gasteiger partial charge in [-0.25, -0.2) is 4.79 Å². The van der Waals surface area contributed by atoms with E-state index in [9.17, 15) is 9.90 Å². The molecule has 3 aromatic carbocycles. The number of aromatic amines is 1. The average molecular weight is 343 g/mol. The second-order valence-electron chi connectivity index (χ2n) is 6.05. The van der Waals surface area contributed by atoms with Gasteiger partial charge in [0.2, 0.25) is 0 Å². The van der Waals surface area contributed by atoms with E-state index in [0.29, 0.717) is 5.69 Å². The molecule has 0 fully saturated rings. The number of carbonyl (C=O) groups excluding carboxylic acids is 1. The summed E-state index contributed by atoms with van der Waals surface area (Å²) in [5.74, 6) is -0.253. The van der Waals surface area contributed by atoms with Gasteiger partial charge < -0.3 is 14.8 Å². The van der Waals surface area contributed by atoms with E-state index in [4.69, 9.17) is 4.74 Å². The molecule has 4 nitrogen and oxygen atoms in total. The molecule has 0 saturated carbocycles. The lowest BCUT2D eigenvalue weighted by Crippen LogP contribution is -2.03. The number of hydrogen-bond donors (Lipinski definition) is 2. The lowest BCUT2D eigenvalue weighted by Gasteiger charge is -2.09. The average Bonchev–Trinajstić information content (AvgIpc) is 3.12. The van der Waals surface area contributed by atoms with Crippen molar-refractivity contribution < 1.29 is 14.6 Å². The quantitative estimate of drug-likeness (QED) is 0.515. The first-order chi connectivity index (χ1) is 12.7. The number of methoxy groups -OCH3 is 1. The Balaban J connectivity index is 1.94. The van der Waals surface area contributed by atoms with E-state index < -0.39 is 5.97 Å². The minimum atomic E-state index is -0.430. The number of hydrogen-bond acceptors (Lipinski definition) is 3. The van der Waals surface area contributed by atoms with Gasteiger partial charge in [-0.05, 0) is 40.1 Å². The van der Waals surface area contributed by atoms with Crippen LogP contribution in [0.4, 0.5) is 0 Å². The Labute approximate surface area is 150 Å². The van der Waals surface area contributed by atoms with E-state index in [2.05, 4.69) is 29.2 Å². The van der Waals surface area contributed by atoms with Gasteiger partial charge in [0.05, 0.1) is 7.11 Å². The molecule has 0 aliphatic heterocycles. The number of fused-ring (bicyclic) bond motifs is 1. The minimum Gasteiger partial charge on any atom is -0.508 e. The molecule has 4 heteroatoms. The Morgan fingerprint density at radius 2 is 1.62 bits per heavy atom. The third-order valence-electron chi connectivity index (χ3n) is 4.49. The first kappa shape index (κ1) is 16.0. The Hall–Kier alpha value is -3.53. The number of carbonyl (C=O) groups is 1. The number of aromatic nitrogens is 1. The van der Waals surface area contributed by atoms with Crippen LogP contribution in [0.2, 0.25) is 0 Å². The molecule has 128 valence electrons. The molecule has 0 saturated heterocycles. The number of esters is 1. The number of phenolic OH excluding ortho intramolecular Hbond substituents is 1. The zero-order valence-corrected chi connectivity index (χ0v) is 14.2. The van der Waals surface area contributed by atoms with E-state index >= 15 is 0 Å². The summed E-state index contributed by atoms with van der Waals surface area (Å²) in [5.41, 5.74) is 3.88. The van der Waals surface area contributed by atoms with Crippen LogP contribution in [0.3, 0.4) is 0 Å². The fourth-order valence-corrected chi connectivity index (χ4v) is 3.20. The highest BCUT2D eigenvalue weighted by molar-refractivity contribution is 6.02. The van der Waals surface area contributed by atoms with Gasteiger partial charge in [0, 0.05) is 17.3 Å². The van der Waals surface area contributed by atoms with Crippen molar-refractivity contribution in [1.82, 2.24) is 4.98 Å². The standard InChI is InChI=1S/C22H17NO3/c1-26-22(25)21-20(15-8-10-18(24)11-9-15)19(13-23-21)17-7-6-14-4-2-3-5-16(14)12-17/h2-13,23-24H,1H3. The summed E-state index contributed by atoms with van der Waals surface area (Å²) >= 11 is 0. The van der Waals surface area contributed by atoms with Gasteiger partial charge in [-0.1, -0.05) is 48.5 Å². The van der Waals surface area contributed by atoms with Gasteiger partial charge in [0.1, 0.15) is 11.4 Å². The SMILES string of the molecule is COC(=O)c1[nH]cc(-c2ccc3ccccc3c2)c1-c1ccc(O)cc1. The van der Waals surface area contributed by atoms with E-state index in [1.165, 1.54) is 7.11 Å². The van der Waals surface area contributed by atoms with E-state index in [1.54, 1.807) is 24.3 Å². The molecular formula is C22H17NO3. The summed E-state index contributed by atoms with van der Waals surface area (Å²) in [6.45, 7) is 0. The molecule has 4 rings (SSSR count). The molecule has 0 amide bonds. The lowest BCUT2D eigenvalue weighted by atomic mass is 9.95. The number of ether oxygens (including phenoxy) is 1. The first-order valence-corrected chi connectivity index (χ1v) is 8.25. The summed E-state index contributed by atoms with van der Waals surface area (Å²) in [6.07, 6.45) is 1.82. The third-order valence-corrected chi connectivity index (χ3v) is 4.49. The van der Waals surface area contributed by atoms with Gasteiger partial charge >= 0.3 is 5.97 Å². The summed E-state index contributed by atoms with van der Waals surface area (Å²) in [7, 11) is 1.36. The van der Waals surface area contributed by atoms with Gasteiger partial charge in [-0.15, -0.1) is 0 Å². The molecule has 0 spiro atoms. The minimum absolute atomic E-state index is 0.177. The number of nitrogens with one attached hydrogen (secondary N) is 1. The van der Waals surface area contributed by atoms with Crippen LogP contribution in [0.25, 0.3) is 33.0 Å². The predicted molar refractivity (Wildman–Crippen MR) is 102 cm³/mol. The van der Waals surface area contributed by atoms with Crippen LogP contribution in [0.1, 0.15) is 10.5 Å². The van der Waals surface area contributed by atoms with Crippen LogP contribution in [0.15, 0.2) is 72.9 Å². The number of benzene rings is 3. The Morgan fingerprint density at radius 3 is 2.35 bits per heavy atom. The van der Waals surface area contributed by atoms with E-state index in [0.717, 1.165) is 33.0 Å². The molecule has 26 heavy (non-hydrogen) atoms.